The molecule has 1 aliphatic heterocycles. The lowest BCUT2D eigenvalue weighted by molar-refractivity contribution is 0.0707. The Morgan fingerprint density at radius 3 is 3.03 bits per heavy atom. The number of hydrogen-bond donors (Lipinski definition) is 1. The third-order valence-electron chi connectivity index (χ3n) is 5.12. The Morgan fingerprint density at radius 2 is 2.24 bits per heavy atom. The molecule has 5 nitrogen and oxygen atoms in total. The molecule has 1 aromatic carbocycles. The van der Waals surface area contributed by atoms with E-state index in [0.717, 1.165) is 36.5 Å². The maximum absolute atomic E-state index is 13.5. The topological polar surface area (TPSA) is 58.1 Å². The molecule has 1 aliphatic rings. The van der Waals surface area contributed by atoms with E-state index in [-0.39, 0.29) is 17.6 Å². The fourth-order valence-corrected chi connectivity index (χ4v) is 4.62. The fourth-order valence-electron chi connectivity index (χ4n) is 3.59. The monoisotopic (exact) mass is 410 g/mol. The molecule has 0 spiro atoms. The van der Waals surface area contributed by atoms with Crippen molar-refractivity contribution in [1.29, 1.82) is 0 Å². The van der Waals surface area contributed by atoms with Gasteiger partial charge in [0.15, 0.2) is 0 Å². The van der Waals surface area contributed by atoms with Crippen LogP contribution in [0.3, 0.4) is 0 Å². The molecule has 1 amide bonds. The van der Waals surface area contributed by atoms with Crippen molar-refractivity contribution in [1.82, 2.24) is 14.9 Å². The van der Waals surface area contributed by atoms with Gasteiger partial charge in [-0.25, -0.2) is 14.4 Å². The van der Waals surface area contributed by atoms with Gasteiger partial charge in [0.25, 0.3) is 5.91 Å². The normalized spacial score (nSPS) is 16.6. The molecular weight excluding hydrogens is 387 g/mol. The van der Waals surface area contributed by atoms with Crippen LogP contribution in [0, 0.1) is 5.82 Å². The van der Waals surface area contributed by atoms with Crippen LogP contribution in [0.25, 0.3) is 0 Å². The number of benzene rings is 1. The van der Waals surface area contributed by atoms with Crippen LogP contribution in [0.5, 0.6) is 0 Å². The van der Waals surface area contributed by atoms with Crippen LogP contribution in [0.15, 0.2) is 48.0 Å². The zero-order valence-electron chi connectivity index (χ0n) is 16.3. The van der Waals surface area contributed by atoms with E-state index in [1.54, 1.807) is 41.8 Å². The van der Waals surface area contributed by atoms with Gasteiger partial charge in [0.1, 0.15) is 11.6 Å². The van der Waals surface area contributed by atoms with Gasteiger partial charge < -0.3 is 10.2 Å². The lowest BCUT2D eigenvalue weighted by atomic mass is 9.98. The molecule has 3 heterocycles. The molecule has 4 rings (SSSR count). The summed E-state index contributed by atoms with van der Waals surface area (Å²) in [6, 6.07) is 9.64. The van der Waals surface area contributed by atoms with E-state index in [9.17, 15) is 9.18 Å². The zero-order chi connectivity index (χ0) is 20.2. The van der Waals surface area contributed by atoms with Gasteiger partial charge in [-0.05, 0) is 49.6 Å². The molecule has 7 heteroatoms. The summed E-state index contributed by atoms with van der Waals surface area (Å²) in [6.45, 7) is 3.48. The molecule has 1 fully saturated rings. The maximum atomic E-state index is 13.5. The molecule has 0 saturated carbocycles. The fraction of sp³-hybridized carbons (Fsp3) is 0.318. The number of halogens is 1. The van der Waals surface area contributed by atoms with Crippen molar-refractivity contribution in [3.63, 3.8) is 0 Å². The van der Waals surface area contributed by atoms with Crippen LogP contribution in [-0.2, 0) is 6.42 Å². The van der Waals surface area contributed by atoms with Crippen LogP contribution >= 0.6 is 11.3 Å². The highest BCUT2D eigenvalue weighted by molar-refractivity contribution is 7.09. The van der Waals surface area contributed by atoms with Crippen LogP contribution in [0.4, 0.5) is 15.9 Å². The Labute approximate surface area is 173 Å². The molecule has 150 valence electrons. The van der Waals surface area contributed by atoms with Crippen LogP contribution in [0.1, 0.15) is 46.7 Å². The highest BCUT2D eigenvalue weighted by Gasteiger charge is 2.28. The minimum absolute atomic E-state index is 0.0611. The number of pyridine rings is 1. The first-order valence-electron chi connectivity index (χ1n) is 9.85. The molecule has 3 aromatic rings. The molecule has 29 heavy (non-hydrogen) atoms. The summed E-state index contributed by atoms with van der Waals surface area (Å²) in [5, 5.41) is 6.30. The number of aryl methyl sites for hydroxylation is 1. The summed E-state index contributed by atoms with van der Waals surface area (Å²) in [6.07, 6.45) is 4.54. The summed E-state index contributed by atoms with van der Waals surface area (Å²) in [4.78, 5) is 24.2. The Kier molecular flexibility index (Phi) is 5.85. The third kappa shape index (κ3) is 4.45. The molecule has 0 bridgehead atoms. The number of nitrogens with zero attached hydrogens (tertiary/aromatic N) is 3. The standard InChI is InChI=1S/C22H23FN4OS/c1-2-17-14-29-21(26-17)15-6-5-11-27(13-15)22(28)19-9-4-10-24-20(19)25-18-8-3-7-16(23)12-18/h3-4,7-10,12,14-15H,2,5-6,11,13H2,1H3,(H,24,25). The Morgan fingerprint density at radius 1 is 1.34 bits per heavy atom. The number of anilines is 2. The number of amides is 1. The number of piperidine rings is 1. The summed E-state index contributed by atoms with van der Waals surface area (Å²) in [7, 11) is 0. The SMILES string of the molecule is CCc1csc(C2CCCN(C(=O)c3cccnc3Nc3cccc(F)c3)C2)n1. The molecular formula is C22H23FN4OS. The van der Waals surface area contributed by atoms with E-state index >= 15 is 0 Å². The average Bonchev–Trinajstić information content (AvgIpc) is 3.23. The minimum Gasteiger partial charge on any atom is -0.339 e. The second-order valence-electron chi connectivity index (χ2n) is 7.16. The van der Waals surface area contributed by atoms with E-state index < -0.39 is 0 Å². The Bertz CT molecular complexity index is 1010. The van der Waals surface area contributed by atoms with Crippen molar-refractivity contribution < 1.29 is 9.18 Å². The van der Waals surface area contributed by atoms with E-state index in [4.69, 9.17) is 4.98 Å². The Hall–Kier alpha value is -2.80. The molecule has 0 radical (unpaired) electrons. The van der Waals surface area contributed by atoms with Gasteiger partial charge >= 0.3 is 0 Å². The van der Waals surface area contributed by atoms with Gasteiger partial charge in [-0.3, -0.25) is 4.79 Å². The average molecular weight is 411 g/mol. The molecule has 2 aromatic heterocycles. The number of aromatic nitrogens is 2. The smallest absolute Gasteiger partial charge is 0.257 e. The quantitative estimate of drug-likeness (QED) is 0.643. The molecule has 0 aliphatic carbocycles. The number of rotatable bonds is 5. The van der Waals surface area contributed by atoms with E-state index in [1.807, 2.05) is 4.90 Å². The molecule has 1 saturated heterocycles. The van der Waals surface area contributed by atoms with E-state index in [1.165, 1.54) is 12.1 Å². The third-order valence-corrected chi connectivity index (χ3v) is 6.17. The lowest BCUT2D eigenvalue weighted by Gasteiger charge is -2.32. The van der Waals surface area contributed by atoms with Crippen molar-refractivity contribution >= 4 is 28.7 Å². The van der Waals surface area contributed by atoms with Gasteiger partial charge in [-0.15, -0.1) is 11.3 Å². The first-order chi connectivity index (χ1) is 14.1. The number of carbonyl (C=O) groups is 1. The van der Waals surface area contributed by atoms with E-state index in [0.29, 0.717) is 23.6 Å². The molecule has 1 atom stereocenters. The number of nitrogens with one attached hydrogen (secondary N) is 1. The summed E-state index contributed by atoms with van der Waals surface area (Å²) in [5.41, 5.74) is 2.16. The minimum atomic E-state index is -0.340. The largest absolute Gasteiger partial charge is 0.339 e. The second kappa shape index (κ2) is 8.69. The second-order valence-corrected chi connectivity index (χ2v) is 8.05. The predicted octanol–water partition coefficient (Wildman–Crippen LogP) is 5.00. The highest BCUT2D eigenvalue weighted by Crippen LogP contribution is 2.31. The summed E-state index contributed by atoms with van der Waals surface area (Å²) >= 11 is 1.69. The molecule has 1 N–H and O–H groups in total. The molecule has 1 unspecified atom stereocenters. The van der Waals surface area contributed by atoms with Crippen molar-refractivity contribution in [3.05, 3.63) is 70.1 Å². The van der Waals surface area contributed by atoms with Crippen LogP contribution < -0.4 is 5.32 Å². The summed E-state index contributed by atoms with van der Waals surface area (Å²) in [5.74, 6) is 0.309. The van der Waals surface area contributed by atoms with Gasteiger partial charge in [0.05, 0.1) is 16.3 Å². The van der Waals surface area contributed by atoms with Crippen molar-refractivity contribution in [3.8, 4) is 0 Å². The van der Waals surface area contributed by atoms with Gasteiger partial charge in [-0.1, -0.05) is 13.0 Å². The highest BCUT2D eigenvalue weighted by atomic mass is 32.1. The number of thiazole rings is 1. The maximum Gasteiger partial charge on any atom is 0.257 e. The number of likely N-dealkylation sites (tertiary alicyclic amines) is 1. The van der Waals surface area contributed by atoms with Crippen molar-refractivity contribution in [2.24, 2.45) is 0 Å². The predicted molar refractivity (Wildman–Crippen MR) is 113 cm³/mol. The van der Waals surface area contributed by atoms with Gasteiger partial charge in [-0.2, -0.15) is 0 Å². The van der Waals surface area contributed by atoms with Gasteiger partial charge in [0.2, 0.25) is 0 Å². The first-order valence-corrected chi connectivity index (χ1v) is 10.7. The van der Waals surface area contributed by atoms with Crippen molar-refractivity contribution in [2.45, 2.75) is 32.1 Å². The van der Waals surface area contributed by atoms with Crippen molar-refractivity contribution in [2.75, 3.05) is 18.4 Å². The number of carbonyl (C=O) groups excluding carboxylic acids is 1. The lowest BCUT2D eigenvalue weighted by Crippen LogP contribution is -2.39. The first kappa shape index (κ1) is 19.5. The number of hydrogen-bond acceptors (Lipinski definition) is 5. The summed E-state index contributed by atoms with van der Waals surface area (Å²) < 4.78 is 13.5. The van der Waals surface area contributed by atoms with Crippen LogP contribution in [0.2, 0.25) is 0 Å². The van der Waals surface area contributed by atoms with E-state index in [2.05, 4.69) is 22.6 Å². The van der Waals surface area contributed by atoms with Crippen LogP contribution in [-0.4, -0.2) is 33.9 Å². The zero-order valence-corrected chi connectivity index (χ0v) is 17.1. The van der Waals surface area contributed by atoms with Gasteiger partial charge in [0, 0.05) is 36.3 Å². The Balaban J connectivity index is 1.53.